The van der Waals surface area contributed by atoms with E-state index in [-0.39, 0.29) is 10.8 Å². The van der Waals surface area contributed by atoms with Crippen molar-refractivity contribution in [2.45, 2.75) is 25.2 Å². The molecule has 1 aliphatic rings. The Morgan fingerprint density at radius 1 is 1.10 bits per heavy atom. The summed E-state index contributed by atoms with van der Waals surface area (Å²) in [5, 5.41) is 0. The third kappa shape index (κ3) is 3.39. The fourth-order valence-corrected chi connectivity index (χ4v) is 3.49. The van der Waals surface area contributed by atoms with Gasteiger partial charge in [-0.15, -0.1) is 0 Å². The molecule has 0 N–H and O–H groups in total. The Kier molecular flexibility index (Phi) is 4.18. The molecule has 4 nitrogen and oxygen atoms in total. The number of rotatable bonds is 2. The van der Waals surface area contributed by atoms with Gasteiger partial charge in [-0.1, -0.05) is 13.8 Å². The van der Waals surface area contributed by atoms with E-state index in [9.17, 15) is 13.2 Å². The van der Waals surface area contributed by atoms with Crippen LogP contribution in [0, 0.1) is 11.8 Å². The maximum Gasteiger partial charge on any atom is 0.253 e. The van der Waals surface area contributed by atoms with Crippen molar-refractivity contribution < 1.29 is 13.2 Å². The third-order valence-electron chi connectivity index (χ3n) is 3.69. The Bertz CT molecular complexity index is 582. The summed E-state index contributed by atoms with van der Waals surface area (Å²) < 4.78 is 22.8. The Morgan fingerprint density at radius 3 is 2.05 bits per heavy atom. The second-order valence-electron chi connectivity index (χ2n) is 5.95. The number of likely N-dealkylation sites (tertiary alicyclic amines) is 1. The van der Waals surface area contributed by atoms with Crippen molar-refractivity contribution >= 4 is 15.7 Å². The average molecular weight is 295 g/mol. The number of benzene rings is 1. The molecule has 0 saturated carbocycles. The fourth-order valence-electron chi connectivity index (χ4n) is 2.86. The van der Waals surface area contributed by atoms with Gasteiger partial charge < -0.3 is 4.90 Å². The Hall–Kier alpha value is -1.36. The van der Waals surface area contributed by atoms with Crippen molar-refractivity contribution in [2.75, 3.05) is 19.3 Å². The zero-order valence-electron chi connectivity index (χ0n) is 12.2. The lowest BCUT2D eigenvalue weighted by atomic mass is 9.91. The molecular formula is C15H21NO3S. The van der Waals surface area contributed by atoms with Gasteiger partial charge in [0.2, 0.25) is 0 Å². The number of sulfone groups is 1. The monoisotopic (exact) mass is 295 g/mol. The van der Waals surface area contributed by atoms with Gasteiger partial charge >= 0.3 is 0 Å². The van der Waals surface area contributed by atoms with Gasteiger partial charge in [-0.3, -0.25) is 4.79 Å². The van der Waals surface area contributed by atoms with Crippen LogP contribution >= 0.6 is 0 Å². The molecule has 2 atom stereocenters. The quantitative estimate of drug-likeness (QED) is 0.840. The highest BCUT2D eigenvalue weighted by Gasteiger charge is 2.26. The van der Waals surface area contributed by atoms with E-state index in [2.05, 4.69) is 13.8 Å². The molecule has 0 bridgehead atoms. The van der Waals surface area contributed by atoms with E-state index < -0.39 is 9.84 Å². The van der Waals surface area contributed by atoms with Gasteiger partial charge in [-0.05, 0) is 42.5 Å². The van der Waals surface area contributed by atoms with Crippen LogP contribution in [-0.4, -0.2) is 38.6 Å². The predicted molar refractivity (Wildman–Crippen MR) is 78.4 cm³/mol. The van der Waals surface area contributed by atoms with Gasteiger partial charge in [0.05, 0.1) is 4.90 Å². The van der Waals surface area contributed by atoms with Crippen molar-refractivity contribution in [3.05, 3.63) is 29.8 Å². The van der Waals surface area contributed by atoms with Crippen LogP contribution in [0.15, 0.2) is 29.2 Å². The van der Waals surface area contributed by atoms with Gasteiger partial charge in [-0.25, -0.2) is 8.42 Å². The largest absolute Gasteiger partial charge is 0.338 e. The first-order chi connectivity index (χ1) is 9.27. The van der Waals surface area contributed by atoms with E-state index in [0.29, 0.717) is 17.4 Å². The maximum atomic E-state index is 12.4. The van der Waals surface area contributed by atoms with Crippen LogP contribution < -0.4 is 0 Å². The van der Waals surface area contributed by atoms with Crippen LogP contribution in [0.3, 0.4) is 0 Å². The number of nitrogens with zero attached hydrogens (tertiary/aromatic N) is 1. The Balaban J connectivity index is 2.17. The van der Waals surface area contributed by atoms with Crippen LogP contribution in [0.4, 0.5) is 0 Å². The first-order valence-electron chi connectivity index (χ1n) is 6.86. The molecule has 0 radical (unpaired) electrons. The van der Waals surface area contributed by atoms with E-state index >= 15 is 0 Å². The van der Waals surface area contributed by atoms with E-state index in [0.717, 1.165) is 25.8 Å². The topological polar surface area (TPSA) is 54.5 Å². The minimum absolute atomic E-state index is 0.0107. The molecule has 1 aromatic rings. The van der Waals surface area contributed by atoms with Crippen molar-refractivity contribution in [2.24, 2.45) is 11.8 Å². The van der Waals surface area contributed by atoms with Crippen LogP contribution in [0.25, 0.3) is 0 Å². The zero-order valence-corrected chi connectivity index (χ0v) is 13.0. The molecule has 0 spiro atoms. The van der Waals surface area contributed by atoms with Gasteiger partial charge in [0.15, 0.2) is 9.84 Å². The van der Waals surface area contributed by atoms with E-state index in [1.165, 1.54) is 12.1 Å². The molecule has 20 heavy (non-hydrogen) atoms. The minimum Gasteiger partial charge on any atom is -0.338 e. The van der Waals surface area contributed by atoms with Gasteiger partial charge in [-0.2, -0.15) is 0 Å². The summed E-state index contributed by atoms with van der Waals surface area (Å²) in [6, 6.07) is 6.20. The highest BCUT2D eigenvalue weighted by atomic mass is 32.2. The molecule has 2 rings (SSSR count). The summed E-state index contributed by atoms with van der Waals surface area (Å²) in [6.45, 7) is 5.86. The molecular weight excluding hydrogens is 274 g/mol. The van der Waals surface area contributed by atoms with Crippen molar-refractivity contribution in [3.63, 3.8) is 0 Å². The second kappa shape index (κ2) is 5.56. The lowest BCUT2D eigenvalue weighted by Crippen LogP contribution is -2.42. The first kappa shape index (κ1) is 15.0. The molecule has 0 aliphatic carbocycles. The molecule has 0 aromatic heterocycles. The Morgan fingerprint density at radius 2 is 1.60 bits per heavy atom. The molecule has 5 heteroatoms. The molecule has 1 fully saturated rings. The fraction of sp³-hybridized carbons (Fsp3) is 0.533. The molecule has 110 valence electrons. The molecule has 1 amide bonds. The normalized spacial score (nSPS) is 23.6. The summed E-state index contributed by atoms with van der Waals surface area (Å²) in [5.41, 5.74) is 0.554. The summed E-state index contributed by atoms with van der Waals surface area (Å²) in [5.74, 6) is 1.01. The summed E-state index contributed by atoms with van der Waals surface area (Å²) in [6.07, 6.45) is 2.31. The van der Waals surface area contributed by atoms with Crippen molar-refractivity contribution in [1.29, 1.82) is 0 Å². The van der Waals surface area contributed by atoms with Crippen LogP contribution in [0.5, 0.6) is 0 Å². The second-order valence-corrected chi connectivity index (χ2v) is 7.97. The average Bonchev–Trinajstić information content (AvgIpc) is 2.36. The number of piperidine rings is 1. The van der Waals surface area contributed by atoms with E-state index in [4.69, 9.17) is 0 Å². The molecule has 1 aliphatic heterocycles. The standard InChI is InChI=1S/C15H21NO3S/c1-11-8-12(2)10-16(9-11)15(17)13-4-6-14(7-5-13)20(3,18)19/h4-7,11-12H,8-10H2,1-3H3. The number of carbonyl (C=O) groups is 1. The number of carbonyl (C=O) groups excluding carboxylic acids is 1. The number of hydrogen-bond donors (Lipinski definition) is 0. The molecule has 1 aromatic carbocycles. The lowest BCUT2D eigenvalue weighted by molar-refractivity contribution is 0.0623. The van der Waals surface area contributed by atoms with E-state index in [1.807, 2.05) is 4.90 Å². The summed E-state index contributed by atoms with van der Waals surface area (Å²) in [4.78, 5) is 14.5. The SMILES string of the molecule is CC1CC(C)CN(C(=O)c2ccc(S(C)(=O)=O)cc2)C1. The van der Waals surface area contributed by atoms with Gasteiger partial charge in [0.25, 0.3) is 5.91 Å². The third-order valence-corrected chi connectivity index (χ3v) is 4.81. The predicted octanol–water partition coefficient (Wildman–Crippen LogP) is 2.21. The minimum atomic E-state index is -3.21. The van der Waals surface area contributed by atoms with Gasteiger partial charge in [0.1, 0.15) is 0 Å². The highest BCUT2D eigenvalue weighted by Crippen LogP contribution is 2.22. The molecule has 1 heterocycles. The number of hydrogen-bond acceptors (Lipinski definition) is 3. The maximum absolute atomic E-state index is 12.4. The Labute approximate surface area is 120 Å². The highest BCUT2D eigenvalue weighted by molar-refractivity contribution is 7.90. The van der Waals surface area contributed by atoms with Crippen molar-refractivity contribution in [3.8, 4) is 0 Å². The smallest absolute Gasteiger partial charge is 0.253 e. The summed E-state index contributed by atoms with van der Waals surface area (Å²) >= 11 is 0. The molecule has 2 unspecified atom stereocenters. The van der Waals surface area contributed by atoms with Crippen molar-refractivity contribution in [1.82, 2.24) is 4.90 Å². The first-order valence-corrected chi connectivity index (χ1v) is 8.76. The summed E-state index contributed by atoms with van der Waals surface area (Å²) in [7, 11) is -3.21. The van der Waals surface area contributed by atoms with Crippen LogP contribution in [-0.2, 0) is 9.84 Å². The van der Waals surface area contributed by atoms with Crippen LogP contribution in [0.2, 0.25) is 0 Å². The van der Waals surface area contributed by atoms with Crippen LogP contribution in [0.1, 0.15) is 30.6 Å². The van der Waals surface area contributed by atoms with E-state index in [1.54, 1.807) is 12.1 Å². The lowest BCUT2D eigenvalue weighted by Gasteiger charge is -2.35. The molecule has 1 saturated heterocycles. The number of amides is 1. The zero-order chi connectivity index (χ0) is 14.9. The van der Waals surface area contributed by atoms with Gasteiger partial charge in [0, 0.05) is 24.9 Å².